The third kappa shape index (κ3) is 5.70. The van der Waals surface area contributed by atoms with Gasteiger partial charge in [0, 0.05) is 35.6 Å². The van der Waals surface area contributed by atoms with Gasteiger partial charge in [0.25, 0.3) is 0 Å². The maximum Gasteiger partial charge on any atom is 0.408 e. The van der Waals surface area contributed by atoms with E-state index in [-0.39, 0.29) is 6.42 Å². The number of benzene rings is 2. The van der Waals surface area contributed by atoms with Crippen molar-refractivity contribution in [3.05, 3.63) is 90.3 Å². The third-order valence-electron chi connectivity index (χ3n) is 5.08. The van der Waals surface area contributed by atoms with Crippen molar-refractivity contribution in [3.8, 4) is 11.1 Å². The van der Waals surface area contributed by atoms with Crippen LogP contribution in [0.2, 0.25) is 0 Å². The zero-order valence-corrected chi connectivity index (χ0v) is 19.0. The maximum atomic E-state index is 13.9. The second-order valence-electron chi connectivity index (χ2n) is 8.94. The second-order valence-corrected chi connectivity index (χ2v) is 8.94. The number of aromatic nitrogens is 3. The summed E-state index contributed by atoms with van der Waals surface area (Å²) in [5.74, 6) is -1.39. The van der Waals surface area contributed by atoms with Crippen LogP contribution in [0, 0.1) is 11.6 Å². The van der Waals surface area contributed by atoms with Gasteiger partial charge in [0.1, 0.15) is 23.6 Å². The molecule has 0 bridgehead atoms. The molecule has 0 radical (unpaired) electrons. The highest BCUT2D eigenvalue weighted by Gasteiger charge is 2.25. The van der Waals surface area contributed by atoms with Crippen molar-refractivity contribution in [1.29, 1.82) is 0 Å². The molecule has 0 unspecified atom stereocenters. The Balaban J connectivity index is 1.76. The van der Waals surface area contributed by atoms with Crippen LogP contribution in [-0.2, 0) is 11.2 Å². The molecule has 1 atom stereocenters. The average Bonchev–Trinajstić information content (AvgIpc) is 2.76. The second kappa shape index (κ2) is 9.51. The number of alkyl carbamates (subject to hydrolysis) is 1. The van der Waals surface area contributed by atoms with Crippen molar-refractivity contribution >= 4 is 16.9 Å². The van der Waals surface area contributed by atoms with Crippen LogP contribution in [0.25, 0.3) is 21.9 Å². The highest BCUT2D eigenvalue weighted by molar-refractivity contribution is 5.87. The number of halogens is 2. The van der Waals surface area contributed by atoms with Gasteiger partial charge in [0.05, 0.1) is 11.7 Å². The molecular formula is C26H24F2N4O2. The van der Waals surface area contributed by atoms with Crippen molar-refractivity contribution < 1.29 is 18.3 Å². The number of rotatable bonds is 5. The number of hydrogen-bond donors (Lipinski definition) is 1. The molecule has 0 saturated carbocycles. The molecule has 2 aromatic heterocycles. The lowest BCUT2D eigenvalue weighted by Gasteiger charge is -2.24. The summed E-state index contributed by atoms with van der Waals surface area (Å²) in [5.41, 5.74) is 1.65. The number of fused-ring (bicyclic) bond motifs is 1. The molecule has 0 aliphatic carbocycles. The number of hydrogen-bond acceptors (Lipinski definition) is 5. The molecule has 34 heavy (non-hydrogen) atoms. The molecule has 6 nitrogen and oxygen atoms in total. The van der Waals surface area contributed by atoms with Gasteiger partial charge in [-0.3, -0.25) is 4.98 Å². The Labute approximate surface area is 196 Å². The van der Waals surface area contributed by atoms with Gasteiger partial charge in [0.2, 0.25) is 0 Å². The molecule has 0 saturated heterocycles. The van der Waals surface area contributed by atoms with Gasteiger partial charge < -0.3 is 10.1 Å². The lowest BCUT2D eigenvalue weighted by molar-refractivity contribution is 0.0502. The lowest BCUT2D eigenvalue weighted by atomic mass is 9.95. The molecule has 8 heteroatoms. The van der Waals surface area contributed by atoms with E-state index in [4.69, 9.17) is 4.74 Å². The van der Waals surface area contributed by atoms with E-state index >= 15 is 0 Å². The fourth-order valence-corrected chi connectivity index (χ4v) is 3.72. The Morgan fingerprint density at radius 1 is 1.00 bits per heavy atom. The Bertz CT molecular complexity index is 1320. The lowest BCUT2D eigenvalue weighted by Crippen LogP contribution is -2.36. The standard InChI is InChI=1S/C26H24F2N4O2/c1-26(2,3)34-25(33)32-23(10-16-8-20(27)12-21(28)9-16)24-22(14-30-15-31-24)18-4-5-19-13-29-7-6-17(19)11-18/h4-9,11-15,23H,10H2,1-3H3,(H,32,33)/t23-/m0/s1. The van der Waals surface area contributed by atoms with Crippen LogP contribution in [0.1, 0.15) is 38.1 Å². The first-order valence-corrected chi connectivity index (χ1v) is 10.8. The normalized spacial score (nSPS) is 12.4. The van der Waals surface area contributed by atoms with Crippen LogP contribution in [0.15, 0.2) is 67.4 Å². The highest BCUT2D eigenvalue weighted by Crippen LogP contribution is 2.30. The minimum Gasteiger partial charge on any atom is -0.444 e. The minimum atomic E-state index is -0.734. The van der Waals surface area contributed by atoms with E-state index in [2.05, 4.69) is 20.3 Å². The molecule has 4 aromatic rings. The number of ether oxygens (including phenoxy) is 1. The quantitative estimate of drug-likeness (QED) is 0.407. The number of carbonyl (C=O) groups is 1. The number of amides is 1. The van der Waals surface area contributed by atoms with E-state index in [1.54, 1.807) is 39.4 Å². The monoisotopic (exact) mass is 462 g/mol. The predicted octanol–water partition coefficient (Wildman–Crippen LogP) is 5.78. The molecule has 0 fully saturated rings. The van der Waals surface area contributed by atoms with Crippen LogP contribution < -0.4 is 5.32 Å². The maximum absolute atomic E-state index is 13.9. The summed E-state index contributed by atoms with van der Waals surface area (Å²) >= 11 is 0. The SMILES string of the molecule is CC(C)(C)OC(=O)N[C@@H](Cc1cc(F)cc(F)c1)c1ncncc1-c1ccc2cnccc2c1. The van der Waals surface area contributed by atoms with Gasteiger partial charge in [0.15, 0.2) is 0 Å². The van der Waals surface area contributed by atoms with Gasteiger partial charge in [-0.2, -0.15) is 0 Å². The van der Waals surface area contributed by atoms with E-state index in [0.29, 0.717) is 16.8 Å². The molecule has 0 aliphatic rings. The largest absolute Gasteiger partial charge is 0.444 e. The smallest absolute Gasteiger partial charge is 0.408 e. The van der Waals surface area contributed by atoms with Crippen LogP contribution in [-0.4, -0.2) is 26.6 Å². The van der Waals surface area contributed by atoms with Crippen molar-refractivity contribution in [1.82, 2.24) is 20.3 Å². The van der Waals surface area contributed by atoms with Crippen molar-refractivity contribution in [3.63, 3.8) is 0 Å². The van der Waals surface area contributed by atoms with E-state index in [1.165, 1.54) is 18.5 Å². The summed E-state index contributed by atoms with van der Waals surface area (Å²) in [6.07, 6.45) is 5.94. The summed E-state index contributed by atoms with van der Waals surface area (Å²) in [4.78, 5) is 25.4. The van der Waals surface area contributed by atoms with Crippen molar-refractivity contribution in [2.24, 2.45) is 0 Å². The molecule has 2 aromatic carbocycles. The summed E-state index contributed by atoms with van der Waals surface area (Å²) < 4.78 is 33.2. The Hall–Kier alpha value is -3.94. The van der Waals surface area contributed by atoms with E-state index in [1.807, 2.05) is 24.3 Å². The van der Waals surface area contributed by atoms with Crippen LogP contribution in [0.3, 0.4) is 0 Å². The Morgan fingerprint density at radius 3 is 2.50 bits per heavy atom. The molecule has 1 N–H and O–H groups in total. The summed E-state index contributed by atoms with van der Waals surface area (Å²) in [6.45, 7) is 5.26. The predicted molar refractivity (Wildman–Crippen MR) is 125 cm³/mol. The van der Waals surface area contributed by atoms with E-state index in [9.17, 15) is 13.6 Å². The van der Waals surface area contributed by atoms with Gasteiger partial charge in [-0.1, -0.05) is 12.1 Å². The molecule has 0 spiro atoms. The fraction of sp³-hybridized carbons (Fsp3) is 0.231. The zero-order valence-electron chi connectivity index (χ0n) is 19.0. The third-order valence-corrected chi connectivity index (χ3v) is 5.08. The van der Waals surface area contributed by atoms with Gasteiger partial charge in [-0.15, -0.1) is 0 Å². The van der Waals surface area contributed by atoms with Crippen molar-refractivity contribution in [2.75, 3.05) is 0 Å². The molecule has 4 rings (SSSR count). The van der Waals surface area contributed by atoms with E-state index < -0.39 is 29.4 Å². The van der Waals surface area contributed by atoms with Gasteiger partial charge >= 0.3 is 6.09 Å². The van der Waals surface area contributed by atoms with Crippen LogP contribution >= 0.6 is 0 Å². The Morgan fingerprint density at radius 2 is 1.76 bits per heavy atom. The van der Waals surface area contributed by atoms with Crippen LogP contribution in [0.5, 0.6) is 0 Å². The fourth-order valence-electron chi connectivity index (χ4n) is 3.72. The van der Waals surface area contributed by atoms with Crippen LogP contribution in [0.4, 0.5) is 13.6 Å². The number of carbonyl (C=O) groups excluding carboxylic acids is 1. The molecule has 1 amide bonds. The first-order valence-electron chi connectivity index (χ1n) is 10.8. The summed E-state index contributed by atoms with van der Waals surface area (Å²) in [7, 11) is 0. The van der Waals surface area contributed by atoms with E-state index in [0.717, 1.165) is 22.4 Å². The summed E-state index contributed by atoms with van der Waals surface area (Å²) in [6, 6.07) is 10.3. The minimum absolute atomic E-state index is 0.0927. The first-order chi connectivity index (χ1) is 16.2. The molecule has 174 valence electrons. The molecular weight excluding hydrogens is 438 g/mol. The summed E-state index contributed by atoms with van der Waals surface area (Å²) in [5, 5.41) is 4.77. The zero-order chi connectivity index (χ0) is 24.3. The first kappa shape index (κ1) is 23.2. The van der Waals surface area contributed by atoms with Gasteiger partial charge in [-0.25, -0.2) is 23.5 Å². The molecule has 2 heterocycles. The number of nitrogens with zero attached hydrogens (tertiary/aromatic N) is 3. The topological polar surface area (TPSA) is 77.0 Å². The Kier molecular flexibility index (Phi) is 6.49. The highest BCUT2D eigenvalue weighted by atomic mass is 19.1. The molecule has 0 aliphatic heterocycles. The number of nitrogens with one attached hydrogen (secondary N) is 1. The average molecular weight is 463 g/mol. The van der Waals surface area contributed by atoms with Gasteiger partial charge in [-0.05, 0) is 68.0 Å². The number of pyridine rings is 1. The van der Waals surface area contributed by atoms with Crippen molar-refractivity contribution in [2.45, 2.75) is 38.8 Å².